The van der Waals surface area contributed by atoms with E-state index in [2.05, 4.69) is 64.2 Å². The molecule has 2 rings (SSSR count). The summed E-state index contributed by atoms with van der Waals surface area (Å²) in [5, 5.41) is 3.76. The van der Waals surface area contributed by atoms with Gasteiger partial charge in [-0.1, -0.05) is 58.4 Å². The number of nitrogens with one attached hydrogen (secondary N) is 1. The van der Waals surface area contributed by atoms with Gasteiger partial charge in [-0.05, 0) is 54.7 Å². The molecule has 0 radical (unpaired) electrons. The number of rotatable bonds is 4. The average molecular weight is 273 g/mol. The third-order valence-corrected chi connectivity index (χ3v) is 5.35. The van der Waals surface area contributed by atoms with Gasteiger partial charge in [-0.3, -0.25) is 0 Å². The van der Waals surface area contributed by atoms with Gasteiger partial charge in [0.05, 0.1) is 0 Å². The average Bonchev–Trinajstić information content (AvgIpc) is 2.39. The molecule has 0 spiro atoms. The zero-order chi connectivity index (χ0) is 14.8. The van der Waals surface area contributed by atoms with Crippen molar-refractivity contribution >= 4 is 0 Å². The van der Waals surface area contributed by atoms with Gasteiger partial charge in [0.25, 0.3) is 0 Å². The zero-order valence-electron chi connectivity index (χ0n) is 13.9. The van der Waals surface area contributed by atoms with E-state index < -0.39 is 0 Å². The second-order valence-electron chi connectivity index (χ2n) is 7.23. The molecule has 1 aromatic rings. The fourth-order valence-corrected chi connectivity index (χ4v) is 4.23. The van der Waals surface area contributed by atoms with Crippen LogP contribution in [0.4, 0.5) is 0 Å². The van der Waals surface area contributed by atoms with E-state index in [9.17, 15) is 0 Å². The van der Waals surface area contributed by atoms with Gasteiger partial charge >= 0.3 is 0 Å². The summed E-state index contributed by atoms with van der Waals surface area (Å²) in [5.74, 6) is 1.60. The molecule has 0 aromatic heterocycles. The van der Waals surface area contributed by atoms with E-state index >= 15 is 0 Å². The van der Waals surface area contributed by atoms with E-state index in [0.717, 1.165) is 18.4 Å². The van der Waals surface area contributed by atoms with Crippen LogP contribution in [-0.4, -0.2) is 12.6 Å². The molecule has 20 heavy (non-hydrogen) atoms. The van der Waals surface area contributed by atoms with Gasteiger partial charge in [0.2, 0.25) is 0 Å². The van der Waals surface area contributed by atoms with Crippen LogP contribution in [0.2, 0.25) is 0 Å². The molecule has 0 bridgehead atoms. The Balaban J connectivity index is 2.29. The fraction of sp³-hybridized carbons (Fsp3) is 0.684. The van der Waals surface area contributed by atoms with Crippen molar-refractivity contribution in [1.82, 2.24) is 5.32 Å². The number of benzene rings is 1. The molecule has 1 fully saturated rings. The summed E-state index contributed by atoms with van der Waals surface area (Å²) in [4.78, 5) is 0. The molecule has 1 saturated carbocycles. The lowest BCUT2D eigenvalue weighted by molar-refractivity contribution is 0.146. The Morgan fingerprint density at radius 2 is 1.90 bits per heavy atom. The Labute approximate surface area is 125 Å². The SMILES string of the molecule is CCNC1CC(C)CCC1C(C)(C)c1ccccc1C. The molecule has 112 valence electrons. The molecule has 1 aliphatic rings. The van der Waals surface area contributed by atoms with Crippen LogP contribution < -0.4 is 5.32 Å². The molecule has 1 heteroatoms. The van der Waals surface area contributed by atoms with Crippen LogP contribution in [0.3, 0.4) is 0 Å². The first-order chi connectivity index (χ1) is 9.46. The maximum Gasteiger partial charge on any atom is 0.0106 e. The molecule has 0 amide bonds. The van der Waals surface area contributed by atoms with Crippen molar-refractivity contribution in [3.05, 3.63) is 35.4 Å². The van der Waals surface area contributed by atoms with E-state index in [4.69, 9.17) is 0 Å². The van der Waals surface area contributed by atoms with Gasteiger partial charge in [0, 0.05) is 6.04 Å². The summed E-state index contributed by atoms with van der Waals surface area (Å²) in [6.45, 7) is 12.9. The number of hydrogen-bond donors (Lipinski definition) is 1. The first-order valence-electron chi connectivity index (χ1n) is 8.26. The van der Waals surface area contributed by atoms with Crippen LogP contribution in [0, 0.1) is 18.8 Å². The molecule has 1 aromatic carbocycles. The number of aryl methyl sites for hydroxylation is 1. The highest BCUT2D eigenvalue weighted by Crippen LogP contribution is 2.43. The van der Waals surface area contributed by atoms with Gasteiger partial charge in [-0.15, -0.1) is 0 Å². The van der Waals surface area contributed by atoms with Gasteiger partial charge in [0.15, 0.2) is 0 Å². The van der Waals surface area contributed by atoms with Crippen molar-refractivity contribution in [2.75, 3.05) is 6.54 Å². The molecule has 1 nitrogen and oxygen atoms in total. The van der Waals surface area contributed by atoms with Gasteiger partial charge in [-0.2, -0.15) is 0 Å². The molecular weight excluding hydrogens is 242 g/mol. The van der Waals surface area contributed by atoms with Gasteiger partial charge in [-0.25, -0.2) is 0 Å². The predicted octanol–water partition coefficient (Wildman–Crippen LogP) is 4.69. The molecule has 3 unspecified atom stereocenters. The Bertz CT molecular complexity index is 435. The highest BCUT2D eigenvalue weighted by molar-refractivity contribution is 5.33. The smallest absolute Gasteiger partial charge is 0.0106 e. The lowest BCUT2D eigenvalue weighted by atomic mass is 9.63. The van der Waals surface area contributed by atoms with E-state index in [-0.39, 0.29) is 5.41 Å². The van der Waals surface area contributed by atoms with Gasteiger partial charge < -0.3 is 5.32 Å². The Morgan fingerprint density at radius 3 is 2.55 bits per heavy atom. The van der Waals surface area contributed by atoms with E-state index in [0.29, 0.717) is 6.04 Å². The summed E-state index contributed by atoms with van der Waals surface area (Å²) < 4.78 is 0. The minimum atomic E-state index is 0.248. The van der Waals surface area contributed by atoms with E-state index in [1.807, 2.05) is 0 Å². The quantitative estimate of drug-likeness (QED) is 0.839. The van der Waals surface area contributed by atoms with Crippen molar-refractivity contribution in [3.63, 3.8) is 0 Å². The highest BCUT2D eigenvalue weighted by atomic mass is 14.9. The van der Waals surface area contributed by atoms with E-state index in [1.54, 1.807) is 0 Å². The zero-order valence-corrected chi connectivity index (χ0v) is 13.9. The van der Waals surface area contributed by atoms with Crippen molar-refractivity contribution in [1.29, 1.82) is 0 Å². The summed E-state index contributed by atoms with van der Waals surface area (Å²) in [6, 6.07) is 9.59. The minimum Gasteiger partial charge on any atom is -0.314 e. The normalized spacial score (nSPS) is 27.6. The Kier molecular flexibility index (Phi) is 4.90. The van der Waals surface area contributed by atoms with Crippen LogP contribution in [0.1, 0.15) is 58.1 Å². The van der Waals surface area contributed by atoms with E-state index in [1.165, 1.54) is 30.4 Å². The molecule has 0 saturated heterocycles. The number of hydrogen-bond acceptors (Lipinski definition) is 1. The summed E-state index contributed by atoms with van der Waals surface area (Å²) in [5.41, 5.74) is 3.21. The van der Waals surface area contributed by atoms with Crippen LogP contribution in [0.15, 0.2) is 24.3 Å². The second-order valence-corrected chi connectivity index (χ2v) is 7.23. The lowest BCUT2D eigenvalue weighted by Crippen LogP contribution is -2.48. The fourth-order valence-electron chi connectivity index (χ4n) is 4.23. The maximum atomic E-state index is 3.76. The van der Waals surface area contributed by atoms with Crippen LogP contribution in [0.5, 0.6) is 0 Å². The van der Waals surface area contributed by atoms with Crippen molar-refractivity contribution in [2.45, 2.75) is 65.3 Å². The topological polar surface area (TPSA) is 12.0 Å². The molecule has 1 aliphatic carbocycles. The molecule has 0 aliphatic heterocycles. The summed E-state index contributed by atoms with van der Waals surface area (Å²) in [6.07, 6.45) is 4.05. The third-order valence-electron chi connectivity index (χ3n) is 5.35. The predicted molar refractivity (Wildman–Crippen MR) is 88.2 cm³/mol. The van der Waals surface area contributed by atoms with Crippen LogP contribution in [-0.2, 0) is 5.41 Å². The Morgan fingerprint density at radius 1 is 1.20 bits per heavy atom. The monoisotopic (exact) mass is 273 g/mol. The minimum absolute atomic E-state index is 0.248. The molecule has 1 N–H and O–H groups in total. The molecule has 3 atom stereocenters. The molecular formula is C19H31N. The van der Waals surface area contributed by atoms with Crippen LogP contribution in [0.25, 0.3) is 0 Å². The highest BCUT2D eigenvalue weighted by Gasteiger charge is 2.40. The van der Waals surface area contributed by atoms with Crippen molar-refractivity contribution < 1.29 is 0 Å². The standard InChI is InChI=1S/C19H31N/c1-6-20-18-13-14(2)11-12-17(18)19(4,5)16-10-8-7-9-15(16)3/h7-10,14,17-18,20H,6,11-13H2,1-5H3. The largest absolute Gasteiger partial charge is 0.314 e. The van der Waals surface area contributed by atoms with Crippen LogP contribution >= 0.6 is 0 Å². The Hall–Kier alpha value is -0.820. The third kappa shape index (κ3) is 3.09. The van der Waals surface area contributed by atoms with Crippen molar-refractivity contribution in [3.8, 4) is 0 Å². The lowest BCUT2D eigenvalue weighted by Gasteiger charge is -2.45. The van der Waals surface area contributed by atoms with Crippen molar-refractivity contribution in [2.24, 2.45) is 11.8 Å². The first kappa shape index (κ1) is 15.6. The summed E-state index contributed by atoms with van der Waals surface area (Å²) in [7, 11) is 0. The summed E-state index contributed by atoms with van der Waals surface area (Å²) >= 11 is 0. The second kappa shape index (κ2) is 6.30. The van der Waals surface area contributed by atoms with Gasteiger partial charge in [0.1, 0.15) is 0 Å². The molecule has 0 heterocycles. The maximum absolute atomic E-state index is 3.76. The first-order valence-corrected chi connectivity index (χ1v) is 8.26.